The van der Waals surface area contributed by atoms with Crippen molar-refractivity contribution < 1.29 is 43.3 Å². The molecule has 0 atom stereocenters. The molecule has 0 aliphatic rings. The number of carbonyl (C=O) groups is 5. The maximum Gasteiger partial charge on any atom is 0.375 e. The summed E-state index contributed by atoms with van der Waals surface area (Å²) >= 11 is 0. The Hall–Kier alpha value is -4.81. The molecule has 0 N–H and O–H groups in total. The maximum atomic E-state index is 11.9. The van der Waals surface area contributed by atoms with Gasteiger partial charge in [-0.1, -0.05) is 0 Å². The molecule has 2 rings (SSSR count). The molecule has 0 amide bonds. The third-order valence-electron chi connectivity index (χ3n) is 4.28. The van der Waals surface area contributed by atoms with Gasteiger partial charge in [-0.2, -0.15) is 0 Å². The molecule has 0 saturated carbocycles. The number of ether oxygens (including phenoxy) is 2. The lowest BCUT2D eigenvalue weighted by Crippen LogP contribution is -2.22. The van der Waals surface area contributed by atoms with Crippen molar-refractivity contribution in [2.24, 2.45) is 0 Å². The zero-order valence-corrected chi connectivity index (χ0v) is 17.3. The van der Waals surface area contributed by atoms with Gasteiger partial charge in [0.1, 0.15) is 0 Å². The van der Waals surface area contributed by atoms with Gasteiger partial charge in [-0.25, -0.2) is 4.79 Å². The van der Waals surface area contributed by atoms with Crippen molar-refractivity contribution in [2.45, 2.75) is 12.8 Å². The van der Waals surface area contributed by atoms with Crippen LogP contribution in [0.15, 0.2) is 48.5 Å². The molecule has 0 spiro atoms. The fraction of sp³-hybridized carbons (Fsp3) is 0.190. The first kappa shape index (κ1) is 25.5. The van der Waals surface area contributed by atoms with Crippen LogP contribution in [0.3, 0.4) is 0 Å². The third kappa shape index (κ3) is 7.40. The van der Waals surface area contributed by atoms with Crippen molar-refractivity contribution in [3.63, 3.8) is 0 Å². The van der Waals surface area contributed by atoms with Crippen molar-refractivity contribution in [2.75, 3.05) is 13.2 Å². The van der Waals surface area contributed by atoms with E-state index in [1.165, 1.54) is 24.3 Å². The van der Waals surface area contributed by atoms with E-state index < -0.39 is 65.2 Å². The molecular weight excluding hydrogens is 456 g/mol. The molecule has 13 heteroatoms. The van der Waals surface area contributed by atoms with E-state index in [0.29, 0.717) is 0 Å². The molecule has 0 bridgehead atoms. The van der Waals surface area contributed by atoms with Crippen molar-refractivity contribution in [3.05, 3.63) is 79.9 Å². The highest BCUT2D eigenvalue weighted by molar-refractivity contribution is 6.34. The zero-order chi connectivity index (χ0) is 25.3. The average molecular weight is 472 g/mol. The molecule has 0 saturated heterocycles. The number of ketones is 3. The summed E-state index contributed by atoms with van der Waals surface area (Å²) in [6.07, 6.45) is -1.12. The monoisotopic (exact) mass is 472 g/mol. The standard InChI is InChI=1S/C21H16N2O11/c24-17(21(28)34-12-19(26)14-3-7-16(8-4-14)23(31)32)9-10-20(27)33-11-18(25)13-1-5-15(6-2-13)22(29)30/h1-8H,9-12H2. The SMILES string of the molecule is O=C(CCC(=O)C(=O)OCC(=O)c1ccc([N+](=O)[O-])cc1)OCC(=O)c1ccc([N+](=O)[O-])cc1. The highest BCUT2D eigenvalue weighted by atomic mass is 16.6. The van der Waals surface area contributed by atoms with Crippen LogP contribution in [-0.4, -0.2) is 52.3 Å². The Morgan fingerprint density at radius 3 is 1.47 bits per heavy atom. The van der Waals surface area contributed by atoms with E-state index in [-0.39, 0.29) is 22.5 Å². The quantitative estimate of drug-likeness (QED) is 0.144. The summed E-state index contributed by atoms with van der Waals surface area (Å²) < 4.78 is 9.31. The molecule has 13 nitrogen and oxygen atoms in total. The smallest absolute Gasteiger partial charge is 0.375 e. The summed E-state index contributed by atoms with van der Waals surface area (Å²) in [5.41, 5.74) is -0.332. The van der Waals surface area contributed by atoms with E-state index in [0.717, 1.165) is 24.3 Å². The Balaban J connectivity index is 1.72. The second kappa shape index (κ2) is 11.7. The van der Waals surface area contributed by atoms with Crippen molar-refractivity contribution >= 4 is 40.7 Å². The van der Waals surface area contributed by atoms with Gasteiger partial charge >= 0.3 is 11.9 Å². The Morgan fingerprint density at radius 2 is 1.06 bits per heavy atom. The second-order valence-corrected chi connectivity index (χ2v) is 6.61. The molecule has 0 aliphatic heterocycles. The van der Waals surface area contributed by atoms with Crippen LogP contribution in [0.2, 0.25) is 0 Å². The first-order valence-corrected chi connectivity index (χ1v) is 9.49. The van der Waals surface area contributed by atoms with Crippen LogP contribution in [0.25, 0.3) is 0 Å². The van der Waals surface area contributed by atoms with Gasteiger partial charge in [-0.15, -0.1) is 0 Å². The first-order chi connectivity index (χ1) is 16.1. The van der Waals surface area contributed by atoms with Gasteiger partial charge in [0.2, 0.25) is 5.78 Å². The summed E-state index contributed by atoms with van der Waals surface area (Å²) in [5.74, 6) is -4.72. The Labute approximate surface area is 190 Å². The summed E-state index contributed by atoms with van der Waals surface area (Å²) in [6, 6.07) is 9.17. The largest absolute Gasteiger partial charge is 0.457 e. The predicted octanol–water partition coefficient (Wildman–Crippen LogP) is 2.00. The number of nitro benzene ring substituents is 2. The fourth-order valence-corrected chi connectivity index (χ4v) is 2.45. The van der Waals surface area contributed by atoms with E-state index in [4.69, 9.17) is 4.74 Å². The molecule has 0 heterocycles. The van der Waals surface area contributed by atoms with Crippen LogP contribution < -0.4 is 0 Å². The Morgan fingerprint density at radius 1 is 0.647 bits per heavy atom. The van der Waals surface area contributed by atoms with E-state index >= 15 is 0 Å². The van der Waals surface area contributed by atoms with Gasteiger partial charge < -0.3 is 9.47 Å². The number of nitro groups is 2. The maximum absolute atomic E-state index is 11.9. The second-order valence-electron chi connectivity index (χ2n) is 6.61. The Bertz CT molecular complexity index is 1140. The van der Waals surface area contributed by atoms with Crippen LogP contribution in [0.5, 0.6) is 0 Å². The Kier molecular flexibility index (Phi) is 8.76. The van der Waals surface area contributed by atoms with Crippen molar-refractivity contribution in [1.29, 1.82) is 0 Å². The van der Waals surface area contributed by atoms with E-state index in [9.17, 15) is 44.2 Å². The normalized spacial score (nSPS) is 10.1. The molecule has 0 aromatic heterocycles. The minimum absolute atomic E-state index is 0.0344. The van der Waals surface area contributed by atoms with Crippen molar-refractivity contribution in [1.82, 2.24) is 0 Å². The van der Waals surface area contributed by atoms with Gasteiger partial charge in [-0.05, 0) is 24.3 Å². The van der Waals surface area contributed by atoms with Gasteiger partial charge in [0.25, 0.3) is 11.4 Å². The highest BCUT2D eigenvalue weighted by Crippen LogP contribution is 2.13. The lowest BCUT2D eigenvalue weighted by atomic mass is 10.1. The number of non-ortho nitro benzene ring substituents is 2. The molecular formula is C21H16N2O11. The summed E-state index contributed by atoms with van der Waals surface area (Å²) in [6.45, 7) is -1.45. The molecule has 2 aromatic carbocycles. The summed E-state index contributed by atoms with van der Waals surface area (Å²) in [7, 11) is 0. The lowest BCUT2D eigenvalue weighted by molar-refractivity contribution is -0.385. The summed E-state index contributed by atoms with van der Waals surface area (Å²) in [5, 5.41) is 21.2. The van der Waals surface area contributed by atoms with E-state index in [2.05, 4.69) is 4.74 Å². The van der Waals surface area contributed by atoms with E-state index in [1.807, 2.05) is 0 Å². The van der Waals surface area contributed by atoms with E-state index in [1.54, 1.807) is 0 Å². The fourth-order valence-electron chi connectivity index (χ4n) is 2.45. The number of esters is 2. The number of rotatable bonds is 12. The molecule has 0 unspecified atom stereocenters. The topological polar surface area (TPSA) is 190 Å². The number of nitrogens with zero attached hydrogens (tertiary/aromatic N) is 2. The van der Waals surface area contributed by atoms with Crippen molar-refractivity contribution in [3.8, 4) is 0 Å². The van der Waals surface area contributed by atoms with Gasteiger partial charge in [0.05, 0.1) is 16.3 Å². The summed E-state index contributed by atoms with van der Waals surface area (Å²) in [4.78, 5) is 79.0. The van der Waals surface area contributed by atoms with Crippen LogP contribution in [-0.2, 0) is 23.9 Å². The van der Waals surface area contributed by atoms with Crippen LogP contribution in [0.1, 0.15) is 33.6 Å². The minimum atomic E-state index is -1.36. The number of Topliss-reactive ketones (excluding diaryl/α,β-unsaturated/α-hetero) is 3. The first-order valence-electron chi connectivity index (χ1n) is 9.49. The number of hydrogen-bond donors (Lipinski definition) is 0. The van der Waals surface area contributed by atoms with Gasteiger partial charge in [0.15, 0.2) is 24.8 Å². The molecule has 0 aliphatic carbocycles. The third-order valence-corrected chi connectivity index (χ3v) is 4.28. The number of benzene rings is 2. The molecule has 0 fully saturated rings. The highest BCUT2D eigenvalue weighted by Gasteiger charge is 2.20. The number of carbonyl (C=O) groups excluding carboxylic acids is 5. The van der Waals surface area contributed by atoms with Crippen LogP contribution >= 0.6 is 0 Å². The minimum Gasteiger partial charge on any atom is -0.457 e. The molecule has 176 valence electrons. The van der Waals surface area contributed by atoms with Crippen LogP contribution in [0, 0.1) is 20.2 Å². The average Bonchev–Trinajstić information content (AvgIpc) is 2.84. The van der Waals surface area contributed by atoms with Gasteiger partial charge in [0, 0.05) is 41.8 Å². The molecule has 0 radical (unpaired) electrons. The van der Waals surface area contributed by atoms with Gasteiger partial charge in [-0.3, -0.25) is 39.4 Å². The predicted molar refractivity (Wildman–Crippen MR) is 111 cm³/mol. The molecule has 2 aromatic rings. The zero-order valence-electron chi connectivity index (χ0n) is 17.3. The molecule has 34 heavy (non-hydrogen) atoms. The number of hydrogen-bond acceptors (Lipinski definition) is 11. The lowest BCUT2D eigenvalue weighted by Gasteiger charge is -2.05. The van der Waals surface area contributed by atoms with Crippen LogP contribution in [0.4, 0.5) is 11.4 Å².